The van der Waals surface area contributed by atoms with Crippen molar-refractivity contribution in [3.63, 3.8) is 0 Å². The first kappa shape index (κ1) is 72.1. The summed E-state index contributed by atoms with van der Waals surface area (Å²) in [4.78, 5) is 18.4. The third kappa shape index (κ3) is 14.1. The van der Waals surface area contributed by atoms with Gasteiger partial charge in [0.25, 0.3) is 0 Å². The topological polar surface area (TPSA) is 120 Å². The number of nitrogens with zero attached hydrogens (tertiary/aromatic N) is 8. The van der Waals surface area contributed by atoms with Crippen molar-refractivity contribution in [1.82, 2.24) is 19.9 Å². The molecule has 0 aliphatic heterocycles. The number of pyridine rings is 8. The number of rotatable bonds is 8. The summed E-state index contributed by atoms with van der Waals surface area (Å²) in [7, 11) is 8.30. The molecule has 0 aliphatic rings. The lowest BCUT2D eigenvalue weighted by atomic mass is 9.95. The third-order valence-electron chi connectivity index (χ3n) is 22.7. The molecular formula is C105H94N8O4+4. The lowest BCUT2D eigenvalue weighted by Crippen LogP contribution is -2.31. The molecule has 117 heavy (non-hydrogen) atoms. The van der Waals surface area contributed by atoms with Gasteiger partial charge in [0.2, 0.25) is 45.6 Å². The number of fused-ring (bicyclic) bond motifs is 12. The highest BCUT2D eigenvalue weighted by molar-refractivity contribution is 6.14. The monoisotopic (exact) mass is 1530 g/mol. The van der Waals surface area contributed by atoms with Gasteiger partial charge in [0.15, 0.2) is 47.1 Å². The zero-order chi connectivity index (χ0) is 83.9. The van der Waals surface area contributed by atoms with Gasteiger partial charge in [-0.1, -0.05) is 152 Å². The number of aryl methyl sites for hydroxylation is 17. The average molecular weight is 1530 g/mol. The quantitative estimate of drug-likeness (QED) is 0.138. The molecule has 0 unspecified atom stereocenters. The molecular weight excluding hydrogens is 1440 g/mol. The Morgan fingerprint density at radius 3 is 0.923 bits per heavy atom. The average Bonchev–Trinajstić information content (AvgIpc) is 1.56. The molecule has 0 saturated heterocycles. The van der Waals surface area contributed by atoms with Gasteiger partial charge in [0.1, 0.15) is 28.2 Å². The van der Waals surface area contributed by atoms with Crippen LogP contribution in [0, 0.1) is 89.9 Å². The molecule has 20 aromatic rings. The number of furan rings is 4. The molecule has 0 saturated carbocycles. The van der Waals surface area contributed by atoms with Crippen molar-refractivity contribution < 1.29 is 40.0 Å². The maximum absolute atomic E-state index is 8.11. The van der Waals surface area contributed by atoms with E-state index < -0.39 is 6.85 Å². The van der Waals surface area contributed by atoms with Crippen molar-refractivity contribution >= 4 is 88.3 Å². The molecule has 20 rings (SSSR count). The Morgan fingerprint density at radius 2 is 0.547 bits per heavy atom. The Hall–Kier alpha value is -13.8. The molecule has 0 N–H and O–H groups in total. The highest BCUT2D eigenvalue weighted by Gasteiger charge is 2.29. The van der Waals surface area contributed by atoms with Gasteiger partial charge in [-0.25, -0.2) is 38.2 Å². The first-order chi connectivity index (χ1) is 57.7. The van der Waals surface area contributed by atoms with E-state index in [0.717, 1.165) is 139 Å². The number of benzene rings is 8. The fraction of sp³-hybridized carbons (Fsp3) is 0.162. The van der Waals surface area contributed by atoms with Crippen LogP contribution in [0.5, 0.6) is 0 Å². The largest absolute Gasteiger partial charge is 0.437 e. The van der Waals surface area contributed by atoms with Crippen LogP contribution in [0.25, 0.3) is 178 Å². The van der Waals surface area contributed by atoms with Gasteiger partial charge in [0, 0.05) is 116 Å². The summed E-state index contributed by atoms with van der Waals surface area (Å²) in [5.74, 6) is 0. The Bertz CT molecular complexity index is 7450. The summed E-state index contributed by atoms with van der Waals surface area (Å²) < 4.78 is 58.2. The van der Waals surface area contributed by atoms with Crippen molar-refractivity contribution in [1.29, 1.82) is 0 Å². The summed E-state index contributed by atoms with van der Waals surface area (Å²) in [5.41, 5.74) is 37.5. The van der Waals surface area contributed by atoms with Crippen LogP contribution in [0.4, 0.5) is 0 Å². The molecule has 0 atom stereocenters. The highest BCUT2D eigenvalue weighted by Crippen LogP contribution is 2.44. The Morgan fingerprint density at radius 1 is 0.239 bits per heavy atom. The third-order valence-corrected chi connectivity index (χ3v) is 22.7. The molecule has 12 heteroatoms. The summed E-state index contributed by atoms with van der Waals surface area (Å²) in [6.45, 7) is 22.6. The van der Waals surface area contributed by atoms with Crippen LogP contribution in [0.3, 0.4) is 0 Å². The summed E-state index contributed by atoms with van der Waals surface area (Å²) in [6, 6.07) is 81.6. The molecule has 0 spiro atoms. The van der Waals surface area contributed by atoms with Crippen molar-refractivity contribution in [2.45, 2.75) is 89.9 Å². The minimum atomic E-state index is -2.26. The van der Waals surface area contributed by atoms with Crippen LogP contribution in [-0.2, 0) is 28.2 Å². The Labute approximate surface area is 686 Å². The second-order valence-corrected chi connectivity index (χ2v) is 31.3. The van der Waals surface area contributed by atoms with Crippen LogP contribution in [0.2, 0.25) is 0 Å². The molecule has 12 aromatic heterocycles. The van der Waals surface area contributed by atoms with Crippen molar-refractivity contribution in [2.75, 3.05) is 0 Å². The molecule has 0 aliphatic carbocycles. The molecule has 0 amide bonds. The van der Waals surface area contributed by atoms with E-state index in [0.29, 0.717) is 39.4 Å². The van der Waals surface area contributed by atoms with E-state index in [1.807, 2.05) is 90.2 Å². The number of hydrogen-bond acceptors (Lipinski definition) is 8. The zero-order valence-electron chi connectivity index (χ0n) is 72.0. The predicted octanol–water partition coefficient (Wildman–Crippen LogP) is 24.6. The number of aromatic nitrogens is 8. The van der Waals surface area contributed by atoms with Crippen molar-refractivity contribution in [3.8, 4) is 89.5 Å². The Balaban J connectivity index is 0.000000114. The van der Waals surface area contributed by atoms with E-state index in [9.17, 15) is 0 Å². The van der Waals surface area contributed by atoms with Gasteiger partial charge in [-0.2, -0.15) is 0 Å². The van der Waals surface area contributed by atoms with E-state index in [1.54, 1.807) is 6.07 Å². The molecule has 8 aromatic carbocycles. The number of hydrogen-bond donors (Lipinski definition) is 0. The summed E-state index contributed by atoms with van der Waals surface area (Å²) in [5, 5.41) is 7.97. The Kier molecular flexibility index (Phi) is 19.0. The van der Waals surface area contributed by atoms with E-state index >= 15 is 0 Å². The summed E-state index contributed by atoms with van der Waals surface area (Å²) in [6.07, 6.45) is 8.69. The SMILES string of the molecule is Cc1ccc2c(n1)oc1c(-c3cc(C)c(-c4ccccc4)c[n+]3C)c(C)cc(C)c12.Cc1ccc2c(n1)oc1c(-c3cc(C)c(-c4ccccc4)c[n+]3C)c(C)ccc12.Cc1ccc2c(n1)oc1c(-c3ccc(-c4ccccc4)c[n+]3C)c(C)cc(C)c12.[2H]C([2H])([2H])c1cc(C)c(-c2ccc(-c3ccccc3)c[n+]2C)c2oc3nc(C)ccc3c12. The van der Waals surface area contributed by atoms with Gasteiger partial charge in [-0.3, -0.25) is 0 Å². The standard InChI is InChI=1S/C27H25N2O.3C26H23N2O/c1-16-14-23(29(5)15-22(16)20-9-7-6-8-10-20)25-18(3)13-17(2)24-21-12-11-19(4)28-27(21)30-26(24)25;2*1-16-14-17(2)24(25-23(16)21-12-10-18(3)27-26(21)29-25)22-13-11-20(15-28(22)4)19-8-6-5-7-9-19;1-16-10-12-20-21-13-11-18(3)27-26(21)29-25(20)24(16)23-14-17(2)22(15-28(23)4)19-8-6-5-7-9-19/h6-15H,1-5H3;3*5-15H,1-4H3/q4*+1/i;1D3;;. The van der Waals surface area contributed by atoms with Gasteiger partial charge >= 0.3 is 0 Å². The van der Waals surface area contributed by atoms with E-state index in [1.165, 1.54) is 72.3 Å². The maximum Gasteiger partial charge on any atom is 0.227 e. The van der Waals surface area contributed by atoms with Crippen LogP contribution >= 0.6 is 0 Å². The molecule has 12 heterocycles. The minimum absolute atomic E-state index is 0.293. The molecule has 0 radical (unpaired) electrons. The normalized spacial score (nSPS) is 11.9. The van der Waals surface area contributed by atoms with Crippen LogP contribution < -0.4 is 18.3 Å². The smallest absolute Gasteiger partial charge is 0.227 e. The fourth-order valence-electron chi connectivity index (χ4n) is 17.0. The van der Waals surface area contributed by atoms with Crippen LogP contribution in [0.15, 0.2) is 279 Å². The first-order valence-electron chi connectivity index (χ1n) is 41.2. The maximum atomic E-state index is 8.11. The second kappa shape index (κ2) is 30.8. The summed E-state index contributed by atoms with van der Waals surface area (Å²) >= 11 is 0. The molecule has 12 nitrogen and oxygen atoms in total. The minimum Gasteiger partial charge on any atom is -0.437 e. The first-order valence-corrected chi connectivity index (χ1v) is 39.7. The van der Waals surface area contributed by atoms with E-state index in [2.05, 4.69) is 315 Å². The second-order valence-electron chi connectivity index (χ2n) is 31.3. The van der Waals surface area contributed by atoms with Crippen LogP contribution in [-0.4, -0.2) is 19.9 Å². The molecule has 0 fully saturated rings. The lowest BCUT2D eigenvalue weighted by molar-refractivity contribution is -0.660. The predicted molar refractivity (Wildman–Crippen MR) is 476 cm³/mol. The molecule has 574 valence electrons. The lowest BCUT2D eigenvalue weighted by Gasteiger charge is -2.11. The van der Waals surface area contributed by atoms with Gasteiger partial charge in [-0.05, 0) is 223 Å². The van der Waals surface area contributed by atoms with Gasteiger partial charge in [-0.15, -0.1) is 0 Å². The van der Waals surface area contributed by atoms with Crippen molar-refractivity contribution in [3.05, 3.63) is 334 Å². The van der Waals surface area contributed by atoms with Crippen molar-refractivity contribution in [2.24, 2.45) is 28.2 Å². The van der Waals surface area contributed by atoms with Gasteiger partial charge in [0.05, 0.1) is 22.3 Å². The van der Waals surface area contributed by atoms with E-state index in [-0.39, 0.29) is 0 Å². The van der Waals surface area contributed by atoms with E-state index in [4.69, 9.17) is 21.8 Å². The zero-order valence-corrected chi connectivity index (χ0v) is 69.0. The highest BCUT2D eigenvalue weighted by atomic mass is 16.4. The fourth-order valence-corrected chi connectivity index (χ4v) is 17.0. The van der Waals surface area contributed by atoms with Gasteiger partial charge < -0.3 is 17.7 Å². The molecule has 0 bridgehead atoms. The van der Waals surface area contributed by atoms with Crippen LogP contribution in [0.1, 0.15) is 77.0 Å².